The highest BCUT2D eigenvalue weighted by Gasteiger charge is 2.59. The van der Waals surface area contributed by atoms with E-state index in [1.807, 2.05) is 24.3 Å². The molecule has 27 heavy (non-hydrogen) atoms. The van der Waals surface area contributed by atoms with E-state index in [4.69, 9.17) is 4.18 Å². The van der Waals surface area contributed by atoms with Gasteiger partial charge in [0.15, 0.2) is 0 Å². The van der Waals surface area contributed by atoms with Crippen molar-refractivity contribution in [2.24, 2.45) is 0 Å². The number of imide groups is 1. The van der Waals surface area contributed by atoms with E-state index in [0.29, 0.717) is 5.69 Å². The summed E-state index contributed by atoms with van der Waals surface area (Å²) < 4.78 is 5.88. The zero-order valence-electron chi connectivity index (χ0n) is 15.1. The summed E-state index contributed by atoms with van der Waals surface area (Å²) in [4.78, 5) is 34.6. The van der Waals surface area contributed by atoms with Crippen LogP contribution in [0.1, 0.15) is 12.8 Å². The molecule has 3 heterocycles. The van der Waals surface area contributed by atoms with Crippen LogP contribution in [-0.2, 0) is 8.98 Å². The van der Waals surface area contributed by atoms with Crippen LogP contribution in [0.15, 0.2) is 66.2 Å². The highest BCUT2D eigenvalue weighted by molar-refractivity contribution is 8.46. The first-order valence-corrected chi connectivity index (χ1v) is 10.4. The summed E-state index contributed by atoms with van der Waals surface area (Å²) in [5, 5.41) is -0.561. The van der Waals surface area contributed by atoms with Gasteiger partial charge in [0.05, 0.1) is 16.0 Å². The lowest BCUT2D eigenvalue weighted by Gasteiger charge is -2.41. The Morgan fingerprint density at radius 1 is 1.15 bits per heavy atom. The van der Waals surface area contributed by atoms with E-state index in [9.17, 15) is 9.59 Å². The monoisotopic (exact) mass is 383 g/mol. The third-order valence-corrected chi connectivity index (χ3v) is 8.44. The molecule has 2 aliphatic heterocycles. The standard InChI is InChI=1S/C20H21N3O3S/c1-15-19(24)23(16-9-4-3-5-10-16)20(25)27(15,26-2)18-12-8-14-22(18)17-11-6-7-13-21-17/h3-7,9-11,13,18H,1,8,12,14H2,2H3/t18-/m1/s1. The fourth-order valence-electron chi connectivity index (χ4n) is 3.81. The van der Waals surface area contributed by atoms with Gasteiger partial charge in [-0.1, -0.05) is 30.8 Å². The van der Waals surface area contributed by atoms with Gasteiger partial charge in [0.2, 0.25) is 0 Å². The summed E-state index contributed by atoms with van der Waals surface area (Å²) >= 11 is 0. The van der Waals surface area contributed by atoms with E-state index < -0.39 is 10.3 Å². The minimum atomic E-state index is -2.55. The topological polar surface area (TPSA) is 62.7 Å². The molecule has 2 aliphatic rings. The first-order chi connectivity index (χ1) is 13.1. The van der Waals surface area contributed by atoms with Gasteiger partial charge < -0.3 is 9.08 Å². The van der Waals surface area contributed by atoms with E-state index in [1.54, 1.807) is 30.5 Å². The summed E-state index contributed by atoms with van der Waals surface area (Å²) in [6, 6.07) is 14.6. The van der Waals surface area contributed by atoms with Crippen molar-refractivity contribution < 1.29 is 13.8 Å². The van der Waals surface area contributed by atoms with E-state index >= 15 is 0 Å². The fraction of sp³-hybridized carbons (Fsp3) is 0.250. The number of para-hydroxylation sites is 1. The Kier molecular flexibility index (Phi) is 4.49. The first-order valence-electron chi connectivity index (χ1n) is 8.79. The van der Waals surface area contributed by atoms with Gasteiger partial charge in [-0.3, -0.25) is 9.59 Å². The average molecular weight is 383 g/mol. The van der Waals surface area contributed by atoms with Crippen LogP contribution in [0.5, 0.6) is 0 Å². The van der Waals surface area contributed by atoms with Crippen molar-refractivity contribution in [2.45, 2.75) is 18.2 Å². The molecule has 6 nitrogen and oxygen atoms in total. The van der Waals surface area contributed by atoms with Crippen molar-refractivity contribution in [1.29, 1.82) is 0 Å². The van der Waals surface area contributed by atoms with Crippen molar-refractivity contribution in [3.63, 3.8) is 0 Å². The second-order valence-electron chi connectivity index (χ2n) is 6.41. The van der Waals surface area contributed by atoms with Crippen molar-refractivity contribution in [3.05, 3.63) is 66.2 Å². The van der Waals surface area contributed by atoms with Gasteiger partial charge in [-0.25, -0.2) is 9.88 Å². The molecule has 0 bridgehead atoms. The Morgan fingerprint density at radius 2 is 1.89 bits per heavy atom. The number of benzene rings is 1. The van der Waals surface area contributed by atoms with Crippen LogP contribution < -0.4 is 9.80 Å². The molecular weight excluding hydrogens is 362 g/mol. The number of nitrogens with zero attached hydrogens (tertiary/aromatic N) is 3. The quantitative estimate of drug-likeness (QED) is 0.745. The van der Waals surface area contributed by atoms with Crippen LogP contribution in [0, 0.1) is 0 Å². The molecular formula is C20H21N3O3S. The second-order valence-corrected chi connectivity index (χ2v) is 9.33. The highest BCUT2D eigenvalue weighted by Crippen LogP contribution is 2.68. The molecule has 1 aromatic carbocycles. The minimum Gasteiger partial charge on any atom is -0.343 e. The smallest absolute Gasteiger partial charge is 0.304 e. The largest absolute Gasteiger partial charge is 0.343 e. The molecule has 2 amide bonds. The Labute approximate surface area is 160 Å². The molecule has 2 atom stereocenters. The van der Waals surface area contributed by atoms with Gasteiger partial charge in [0, 0.05) is 19.9 Å². The maximum Gasteiger partial charge on any atom is 0.304 e. The molecule has 4 rings (SSSR count). The number of carbonyl (C=O) groups is 2. The number of rotatable bonds is 4. The molecule has 1 aromatic heterocycles. The Hall–Kier alpha value is -2.64. The number of pyridine rings is 1. The molecule has 0 N–H and O–H groups in total. The van der Waals surface area contributed by atoms with Gasteiger partial charge in [-0.15, -0.1) is 0 Å². The van der Waals surface area contributed by atoms with Crippen LogP contribution in [0.25, 0.3) is 0 Å². The van der Waals surface area contributed by atoms with Crippen LogP contribution in [0.4, 0.5) is 16.3 Å². The SMILES string of the molecule is C=C1C(=O)N(c2ccccc2)C(=O)S1(OC)[C@@H]1CCCN1c1ccccn1. The summed E-state index contributed by atoms with van der Waals surface area (Å²) in [7, 11) is -1.04. The summed E-state index contributed by atoms with van der Waals surface area (Å²) in [5.41, 5.74) is 0.544. The Balaban J connectivity index is 1.78. The normalized spacial score (nSPS) is 27.9. The van der Waals surface area contributed by atoms with Crippen molar-refractivity contribution >= 4 is 33.0 Å². The molecule has 0 spiro atoms. The number of anilines is 2. The lowest BCUT2D eigenvalue weighted by atomic mass is 10.3. The molecule has 1 unspecified atom stereocenters. The molecule has 2 saturated heterocycles. The van der Waals surface area contributed by atoms with Crippen LogP contribution in [-0.4, -0.2) is 35.2 Å². The molecule has 0 saturated carbocycles. The Morgan fingerprint density at radius 3 is 2.56 bits per heavy atom. The third-order valence-electron chi connectivity index (χ3n) is 5.05. The van der Waals surface area contributed by atoms with E-state index in [2.05, 4.69) is 16.5 Å². The first kappa shape index (κ1) is 17.8. The van der Waals surface area contributed by atoms with Gasteiger partial charge in [-0.2, -0.15) is 0 Å². The molecule has 2 aromatic rings. The summed E-state index contributed by atoms with van der Waals surface area (Å²) in [6.07, 6.45) is 3.38. The van der Waals surface area contributed by atoms with Gasteiger partial charge in [0.1, 0.15) is 5.82 Å². The van der Waals surface area contributed by atoms with Crippen molar-refractivity contribution in [1.82, 2.24) is 4.98 Å². The van der Waals surface area contributed by atoms with Crippen LogP contribution >= 0.6 is 10.3 Å². The fourth-order valence-corrected chi connectivity index (χ4v) is 7.03. The van der Waals surface area contributed by atoms with Gasteiger partial charge in [-0.05, 0) is 47.4 Å². The van der Waals surface area contributed by atoms with Gasteiger partial charge >= 0.3 is 5.24 Å². The number of aromatic nitrogens is 1. The zero-order chi connectivity index (χ0) is 19.0. The summed E-state index contributed by atoms with van der Waals surface area (Å²) in [6.45, 7) is 4.78. The zero-order valence-corrected chi connectivity index (χ0v) is 15.9. The number of amides is 2. The molecule has 0 aliphatic carbocycles. The average Bonchev–Trinajstić information content (AvgIpc) is 3.26. The third kappa shape index (κ3) is 2.57. The maximum absolute atomic E-state index is 13.6. The maximum atomic E-state index is 13.6. The predicted octanol–water partition coefficient (Wildman–Crippen LogP) is 4.05. The lowest BCUT2D eigenvalue weighted by molar-refractivity contribution is -0.113. The van der Waals surface area contributed by atoms with Crippen LogP contribution in [0.3, 0.4) is 0 Å². The second kappa shape index (κ2) is 6.83. The number of hydrogen-bond donors (Lipinski definition) is 0. The Bertz CT molecular complexity index is 890. The molecule has 2 fully saturated rings. The number of hydrogen-bond acceptors (Lipinski definition) is 5. The molecule has 0 radical (unpaired) electrons. The van der Waals surface area contributed by atoms with E-state index in [1.165, 1.54) is 12.0 Å². The number of carbonyl (C=O) groups excluding carboxylic acids is 2. The highest BCUT2D eigenvalue weighted by atomic mass is 32.3. The predicted molar refractivity (Wildman–Crippen MR) is 108 cm³/mol. The molecule has 140 valence electrons. The molecule has 7 heteroatoms. The van der Waals surface area contributed by atoms with Crippen molar-refractivity contribution in [2.75, 3.05) is 23.5 Å². The van der Waals surface area contributed by atoms with E-state index in [-0.39, 0.29) is 21.4 Å². The summed E-state index contributed by atoms with van der Waals surface area (Å²) in [5.74, 6) is 0.408. The van der Waals surface area contributed by atoms with Crippen molar-refractivity contribution in [3.8, 4) is 0 Å². The van der Waals surface area contributed by atoms with E-state index in [0.717, 1.165) is 25.2 Å². The van der Waals surface area contributed by atoms with Gasteiger partial charge in [0.25, 0.3) is 5.91 Å². The minimum absolute atomic E-state index is 0.255. The lowest BCUT2D eigenvalue weighted by Crippen LogP contribution is -2.38. The van der Waals surface area contributed by atoms with Crippen LogP contribution in [0.2, 0.25) is 0 Å².